The van der Waals surface area contributed by atoms with Gasteiger partial charge in [-0.05, 0) is 25.7 Å². The Kier molecular flexibility index (Phi) is 4.56. The number of hydrogen-bond acceptors (Lipinski definition) is 6. The van der Waals surface area contributed by atoms with Crippen LogP contribution in [0, 0.1) is 11.8 Å². The first kappa shape index (κ1) is 15.8. The zero-order valence-corrected chi connectivity index (χ0v) is 13.7. The number of carbonyl (C=O) groups excluding carboxylic acids is 2. The van der Waals surface area contributed by atoms with Crippen LogP contribution in [-0.2, 0) is 4.74 Å². The molecule has 1 aliphatic rings. The van der Waals surface area contributed by atoms with Crippen LogP contribution in [0.1, 0.15) is 53.6 Å². The molecule has 6 heteroatoms. The van der Waals surface area contributed by atoms with Gasteiger partial charge in [-0.1, -0.05) is 13.8 Å². The molecule has 0 aliphatic heterocycles. The van der Waals surface area contributed by atoms with Gasteiger partial charge in [0.05, 0.1) is 17.7 Å². The van der Waals surface area contributed by atoms with Crippen LogP contribution in [0.15, 0.2) is 0 Å². The highest BCUT2D eigenvalue weighted by atomic mass is 32.1. The molecule has 1 heterocycles. The summed E-state index contributed by atoms with van der Waals surface area (Å²) < 4.78 is 4.81. The van der Waals surface area contributed by atoms with Crippen LogP contribution < -0.4 is 11.1 Å². The van der Waals surface area contributed by atoms with Crippen molar-refractivity contribution in [2.24, 2.45) is 11.8 Å². The van der Waals surface area contributed by atoms with Crippen LogP contribution in [0.4, 0.5) is 10.7 Å². The molecule has 116 valence electrons. The maximum atomic E-state index is 12.3. The van der Waals surface area contributed by atoms with Crippen LogP contribution in [0.2, 0.25) is 0 Å². The maximum absolute atomic E-state index is 12.3. The molecule has 1 unspecified atom stereocenters. The number of nitrogen functional groups attached to an aromatic ring is 1. The number of nitrogens with two attached hydrogens (primary N) is 1. The summed E-state index contributed by atoms with van der Waals surface area (Å²) in [6.45, 7) is 6.20. The summed E-state index contributed by atoms with van der Waals surface area (Å²) in [6, 6.07) is 0.162. The fourth-order valence-corrected chi connectivity index (χ4v) is 3.16. The first-order valence-corrected chi connectivity index (χ1v) is 7.99. The average molecular weight is 310 g/mol. The van der Waals surface area contributed by atoms with Gasteiger partial charge in [0.1, 0.15) is 10.6 Å². The summed E-state index contributed by atoms with van der Waals surface area (Å²) in [5.41, 5.74) is 6.59. The molecule has 0 amide bonds. The highest BCUT2D eigenvalue weighted by Gasteiger charge is 2.35. The van der Waals surface area contributed by atoms with Gasteiger partial charge in [-0.25, -0.2) is 4.79 Å². The van der Waals surface area contributed by atoms with E-state index in [-0.39, 0.29) is 23.4 Å². The molecule has 1 saturated carbocycles. The molecule has 1 atom stereocenters. The number of ketones is 1. The Labute approximate surface area is 128 Å². The average Bonchev–Trinajstić information content (AvgIpc) is 3.23. The van der Waals surface area contributed by atoms with E-state index in [9.17, 15) is 9.59 Å². The standard InChI is InChI=1S/C15H22N2O3S/c1-7(2)8(3)17-14-10(15(19)20-4)11(16)13(21-14)12(18)9-5-6-9/h7-9,17H,5-6,16H2,1-4H3. The minimum atomic E-state index is -0.503. The Balaban J connectivity index is 2.39. The van der Waals surface area contributed by atoms with E-state index in [4.69, 9.17) is 10.5 Å². The largest absolute Gasteiger partial charge is 0.465 e. The lowest BCUT2D eigenvalue weighted by Crippen LogP contribution is -2.22. The molecule has 1 aliphatic carbocycles. The van der Waals surface area contributed by atoms with Gasteiger partial charge in [0.2, 0.25) is 0 Å². The van der Waals surface area contributed by atoms with Gasteiger partial charge in [-0.15, -0.1) is 11.3 Å². The Bertz CT molecular complexity index is 562. The first-order chi connectivity index (χ1) is 9.86. The van der Waals surface area contributed by atoms with Crippen molar-refractivity contribution in [1.29, 1.82) is 0 Å². The molecule has 1 fully saturated rings. The number of carbonyl (C=O) groups is 2. The van der Waals surface area contributed by atoms with Gasteiger partial charge in [0.25, 0.3) is 0 Å². The minimum Gasteiger partial charge on any atom is -0.465 e. The second-order valence-electron chi connectivity index (χ2n) is 5.86. The smallest absolute Gasteiger partial charge is 0.343 e. The molecule has 2 rings (SSSR count). The molecule has 0 saturated heterocycles. The molecule has 0 aromatic carbocycles. The lowest BCUT2D eigenvalue weighted by atomic mass is 10.1. The van der Waals surface area contributed by atoms with Crippen molar-refractivity contribution < 1.29 is 14.3 Å². The molecular formula is C15H22N2O3S. The van der Waals surface area contributed by atoms with E-state index in [0.29, 0.717) is 21.4 Å². The number of nitrogens with one attached hydrogen (secondary N) is 1. The normalized spacial score (nSPS) is 15.9. The third kappa shape index (κ3) is 3.20. The van der Waals surface area contributed by atoms with E-state index >= 15 is 0 Å². The number of methoxy groups -OCH3 is 1. The molecular weight excluding hydrogens is 288 g/mol. The van der Waals surface area contributed by atoms with Crippen molar-refractivity contribution in [1.82, 2.24) is 0 Å². The quantitative estimate of drug-likeness (QED) is 0.623. The molecule has 21 heavy (non-hydrogen) atoms. The second kappa shape index (κ2) is 6.05. The van der Waals surface area contributed by atoms with E-state index in [1.54, 1.807) is 0 Å². The maximum Gasteiger partial charge on any atom is 0.343 e. The van der Waals surface area contributed by atoms with Crippen molar-refractivity contribution in [2.45, 2.75) is 39.7 Å². The fraction of sp³-hybridized carbons (Fsp3) is 0.600. The number of ether oxygens (including phenoxy) is 1. The summed E-state index contributed by atoms with van der Waals surface area (Å²) in [5, 5.41) is 3.92. The SMILES string of the molecule is COC(=O)c1c(NC(C)C(C)C)sc(C(=O)C2CC2)c1N. The lowest BCUT2D eigenvalue weighted by molar-refractivity contribution is 0.0603. The highest BCUT2D eigenvalue weighted by Crippen LogP contribution is 2.42. The van der Waals surface area contributed by atoms with Crippen LogP contribution >= 0.6 is 11.3 Å². The predicted molar refractivity (Wildman–Crippen MR) is 85.0 cm³/mol. The minimum absolute atomic E-state index is 0.0490. The number of Topliss-reactive ketones (excluding diaryl/α,β-unsaturated/α-hetero) is 1. The Morgan fingerprint density at radius 1 is 1.33 bits per heavy atom. The first-order valence-electron chi connectivity index (χ1n) is 7.18. The number of anilines is 2. The highest BCUT2D eigenvalue weighted by molar-refractivity contribution is 7.19. The fourth-order valence-electron chi connectivity index (χ4n) is 1.94. The Morgan fingerprint density at radius 2 is 1.95 bits per heavy atom. The van der Waals surface area contributed by atoms with Crippen molar-refractivity contribution in [3.8, 4) is 0 Å². The summed E-state index contributed by atoms with van der Waals surface area (Å²) in [6.07, 6.45) is 1.82. The number of rotatable bonds is 6. The zero-order valence-electron chi connectivity index (χ0n) is 12.9. The van der Waals surface area contributed by atoms with Crippen molar-refractivity contribution in [3.63, 3.8) is 0 Å². The molecule has 5 nitrogen and oxygen atoms in total. The van der Waals surface area contributed by atoms with Gasteiger partial charge in [0, 0.05) is 12.0 Å². The summed E-state index contributed by atoms with van der Waals surface area (Å²) in [7, 11) is 1.32. The van der Waals surface area contributed by atoms with Crippen LogP contribution in [0.5, 0.6) is 0 Å². The van der Waals surface area contributed by atoms with Gasteiger partial charge >= 0.3 is 5.97 Å². The molecule has 0 spiro atoms. The molecule has 0 radical (unpaired) electrons. The van der Waals surface area contributed by atoms with Crippen LogP contribution in [0.25, 0.3) is 0 Å². The number of hydrogen-bond donors (Lipinski definition) is 2. The lowest BCUT2D eigenvalue weighted by Gasteiger charge is -2.18. The summed E-state index contributed by atoms with van der Waals surface area (Å²) in [4.78, 5) is 24.7. The monoisotopic (exact) mass is 310 g/mol. The van der Waals surface area contributed by atoms with E-state index in [1.807, 2.05) is 6.92 Å². The van der Waals surface area contributed by atoms with Crippen LogP contribution in [0.3, 0.4) is 0 Å². The molecule has 0 bridgehead atoms. The second-order valence-corrected chi connectivity index (χ2v) is 6.88. The molecule has 1 aromatic rings. The van der Waals surface area contributed by atoms with Crippen molar-refractivity contribution in [3.05, 3.63) is 10.4 Å². The summed E-state index contributed by atoms with van der Waals surface area (Å²) in [5.74, 6) is 0.0122. The number of thiophene rings is 1. The van der Waals surface area contributed by atoms with Gasteiger partial charge in [-0.3, -0.25) is 4.79 Å². The molecule has 1 aromatic heterocycles. The Hall–Kier alpha value is -1.56. The van der Waals surface area contributed by atoms with Gasteiger partial charge in [-0.2, -0.15) is 0 Å². The van der Waals surface area contributed by atoms with Crippen LogP contribution in [-0.4, -0.2) is 24.9 Å². The zero-order chi connectivity index (χ0) is 15.7. The third-order valence-corrected chi connectivity index (χ3v) is 5.02. The number of esters is 1. The van der Waals surface area contributed by atoms with E-state index in [0.717, 1.165) is 12.8 Å². The van der Waals surface area contributed by atoms with Crippen molar-refractivity contribution >= 4 is 33.8 Å². The topological polar surface area (TPSA) is 81.4 Å². The predicted octanol–water partition coefficient (Wildman–Crippen LogP) is 3.17. The Morgan fingerprint density at radius 3 is 2.43 bits per heavy atom. The van der Waals surface area contributed by atoms with E-state index < -0.39 is 5.97 Å². The van der Waals surface area contributed by atoms with E-state index in [2.05, 4.69) is 19.2 Å². The van der Waals surface area contributed by atoms with Crippen molar-refractivity contribution in [2.75, 3.05) is 18.2 Å². The van der Waals surface area contributed by atoms with E-state index in [1.165, 1.54) is 18.4 Å². The molecule has 3 N–H and O–H groups in total. The van der Waals surface area contributed by atoms with Gasteiger partial charge < -0.3 is 15.8 Å². The third-order valence-electron chi connectivity index (χ3n) is 3.87. The summed E-state index contributed by atoms with van der Waals surface area (Å²) >= 11 is 1.27. The van der Waals surface area contributed by atoms with Gasteiger partial charge in [0.15, 0.2) is 5.78 Å².